The standard InChI is InChI=1S/C30H47N3O5S/c1-22-10-11-26-27(9-6-14-29(26,2)3)30(22,4)15-12-23(20-38-39(35,36)37)7-5-8-24-17-28(34)33(19-24)16-13-25-18-31-21-32-25/h9,17-18,21-23,26H,5-8,10-16,19-20H2,1-4H3,(H,31,32)(H,35,36,37). The SMILES string of the molecule is CC1CCC2C(=CCCC2(C)C)C1(C)CCC(CCCC1=CC(=O)N(CCc2cnc[nH]2)C1)COS(=O)(=O)O. The summed E-state index contributed by atoms with van der Waals surface area (Å²) in [4.78, 5) is 21.4. The molecule has 4 atom stereocenters. The first-order valence-corrected chi connectivity index (χ1v) is 16.0. The van der Waals surface area contributed by atoms with Crippen molar-refractivity contribution in [3.63, 3.8) is 0 Å². The molecule has 0 saturated heterocycles. The summed E-state index contributed by atoms with van der Waals surface area (Å²) in [5.41, 5.74) is 4.14. The van der Waals surface area contributed by atoms with Crippen molar-refractivity contribution < 1.29 is 21.9 Å². The molecule has 0 radical (unpaired) electrons. The molecule has 9 heteroatoms. The van der Waals surface area contributed by atoms with Gasteiger partial charge in [0.2, 0.25) is 5.91 Å². The van der Waals surface area contributed by atoms with Crippen LogP contribution < -0.4 is 0 Å². The molecule has 2 aliphatic carbocycles. The van der Waals surface area contributed by atoms with Crippen molar-refractivity contribution in [2.24, 2.45) is 28.6 Å². The highest BCUT2D eigenvalue weighted by molar-refractivity contribution is 7.80. The molecule has 4 unspecified atom stereocenters. The first-order chi connectivity index (χ1) is 18.4. The molecule has 1 aliphatic heterocycles. The third-order valence-electron chi connectivity index (χ3n) is 9.98. The van der Waals surface area contributed by atoms with E-state index >= 15 is 0 Å². The van der Waals surface area contributed by atoms with E-state index < -0.39 is 10.4 Å². The van der Waals surface area contributed by atoms with Crippen LogP contribution in [-0.4, -0.2) is 53.4 Å². The van der Waals surface area contributed by atoms with Crippen molar-refractivity contribution in [2.75, 3.05) is 19.7 Å². The second-order valence-corrected chi connectivity index (χ2v) is 14.1. The third kappa shape index (κ3) is 7.61. The molecule has 0 spiro atoms. The van der Waals surface area contributed by atoms with E-state index in [0.717, 1.165) is 56.2 Å². The molecule has 8 nitrogen and oxygen atoms in total. The first kappa shape index (κ1) is 30.0. The lowest BCUT2D eigenvalue weighted by molar-refractivity contribution is -0.124. The number of amides is 1. The van der Waals surface area contributed by atoms with Crippen molar-refractivity contribution in [2.45, 2.75) is 91.9 Å². The van der Waals surface area contributed by atoms with E-state index in [9.17, 15) is 17.8 Å². The Balaban J connectivity index is 1.33. The summed E-state index contributed by atoms with van der Waals surface area (Å²) in [5.74, 6) is 1.25. The highest BCUT2D eigenvalue weighted by Gasteiger charge is 2.47. The number of allylic oxidation sites excluding steroid dienone is 2. The maximum absolute atomic E-state index is 12.5. The van der Waals surface area contributed by atoms with Gasteiger partial charge in [-0.1, -0.05) is 39.3 Å². The first-order valence-electron chi connectivity index (χ1n) is 14.7. The minimum absolute atomic E-state index is 0.00838. The van der Waals surface area contributed by atoms with Gasteiger partial charge in [-0.3, -0.25) is 9.35 Å². The molecule has 3 aliphatic rings. The minimum atomic E-state index is -4.48. The van der Waals surface area contributed by atoms with Gasteiger partial charge in [0.05, 0.1) is 12.9 Å². The number of hydrogen-bond donors (Lipinski definition) is 2. The predicted octanol–water partition coefficient (Wildman–Crippen LogP) is 5.91. The number of hydrogen-bond acceptors (Lipinski definition) is 5. The van der Waals surface area contributed by atoms with Crippen molar-refractivity contribution in [1.29, 1.82) is 0 Å². The molecule has 2 heterocycles. The van der Waals surface area contributed by atoms with Crippen LogP contribution in [0.3, 0.4) is 0 Å². The molecule has 1 amide bonds. The lowest BCUT2D eigenvalue weighted by Crippen LogP contribution is -2.43. The number of nitrogens with one attached hydrogen (secondary N) is 1. The molecule has 0 bridgehead atoms. The van der Waals surface area contributed by atoms with Gasteiger partial charge in [-0.15, -0.1) is 0 Å². The zero-order valence-electron chi connectivity index (χ0n) is 24.1. The third-order valence-corrected chi connectivity index (χ3v) is 10.4. The Morgan fingerprint density at radius 3 is 2.74 bits per heavy atom. The van der Waals surface area contributed by atoms with E-state index in [-0.39, 0.29) is 23.8 Å². The molecule has 218 valence electrons. The molecule has 2 N–H and O–H groups in total. The summed E-state index contributed by atoms with van der Waals surface area (Å²) in [7, 11) is -4.48. The van der Waals surface area contributed by atoms with Crippen LogP contribution >= 0.6 is 0 Å². The van der Waals surface area contributed by atoms with Gasteiger partial charge in [0.15, 0.2) is 0 Å². The maximum atomic E-state index is 12.5. The number of carbonyl (C=O) groups is 1. The van der Waals surface area contributed by atoms with Crippen LogP contribution in [0.1, 0.15) is 91.2 Å². The van der Waals surface area contributed by atoms with Crippen LogP contribution in [0.2, 0.25) is 0 Å². The van der Waals surface area contributed by atoms with E-state index in [1.165, 1.54) is 19.3 Å². The fourth-order valence-electron chi connectivity index (χ4n) is 7.19. The van der Waals surface area contributed by atoms with Gasteiger partial charge in [0.1, 0.15) is 0 Å². The van der Waals surface area contributed by atoms with Crippen LogP contribution in [-0.2, 0) is 25.8 Å². The Kier molecular flexibility index (Phi) is 9.44. The Morgan fingerprint density at radius 2 is 2.03 bits per heavy atom. The van der Waals surface area contributed by atoms with Crippen molar-refractivity contribution in [3.05, 3.63) is 41.5 Å². The smallest absolute Gasteiger partial charge is 0.348 e. The van der Waals surface area contributed by atoms with Crippen molar-refractivity contribution in [3.8, 4) is 0 Å². The van der Waals surface area contributed by atoms with Crippen LogP contribution in [0.25, 0.3) is 0 Å². The number of rotatable bonds is 13. The number of carbonyl (C=O) groups excluding carboxylic acids is 1. The van der Waals surface area contributed by atoms with Crippen LogP contribution in [0.4, 0.5) is 0 Å². The molecular weight excluding hydrogens is 514 g/mol. The Bertz CT molecular complexity index is 1160. The van der Waals surface area contributed by atoms with E-state index in [0.29, 0.717) is 30.3 Å². The largest absolute Gasteiger partial charge is 0.397 e. The van der Waals surface area contributed by atoms with Crippen LogP contribution in [0.15, 0.2) is 35.8 Å². The zero-order chi connectivity index (χ0) is 28.3. The highest BCUT2D eigenvalue weighted by Crippen LogP contribution is 2.58. The van der Waals surface area contributed by atoms with Crippen LogP contribution in [0.5, 0.6) is 0 Å². The molecule has 39 heavy (non-hydrogen) atoms. The van der Waals surface area contributed by atoms with Gasteiger partial charge in [-0.2, -0.15) is 8.42 Å². The van der Waals surface area contributed by atoms with Crippen molar-refractivity contribution in [1.82, 2.24) is 14.9 Å². The molecular formula is C30H47N3O5S. The number of H-pyrrole nitrogens is 1. The Morgan fingerprint density at radius 1 is 1.23 bits per heavy atom. The predicted molar refractivity (Wildman–Crippen MR) is 152 cm³/mol. The topological polar surface area (TPSA) is 113 Å². The molecule has 1 saturated carbocycles. The fraction of sp³-hybridized carbons (Fsp3) is 0.733. The quantitative estimate of drug-likeness (QED) is 0.229. The highest BCUT2D eigenvalue weighted by atomic mass is 32.3. The lowest BCUT2D eigenvalue weighted by Gasteiger charge is -2.53. The minimum Gasteiger partial charge on any atom is -0.348 e. The van der Waals surface area contributed by atoms with E-state index in [1.54, 1.807) is 24.2 Å². The van der Waals surface area contributed by atoms with Crippen LogP contribution in [0, 0.1) is 28.6 Å². The lowest BCUT2D eigenvalue weighted by atomic mass is 9.52. The molecule has 1 fully saturated rings. The van der Waals surface area contributed by atoms with E-state index in [1.807, 2.05) is 4.90 Å². The number of aromatic amines is 1. The summed E-state index contributed by atoms with van der Waals surface area (Å²) < 4.78 is 36.9. The van der Waals surface area contributed by atoms with Gasteiger partial charge < -0.3 is 9.88 Å². The number of fused-ring (bicyclic) bond motifs is 1. The average Bonchev–Trinajstić information content (AvgIpc) is 3.50. The summed E-state index contributed by atoms with van der Waals surface area (Å²) in [6, 6.07) is 0. The number of aromatic nitrogens is 2. The fourth-order valence-corrected chi connectivity index (χ4v) is 7.56. The second kappa shape index (κ2) is 12.3. The van der Waals surface area contributed by atoms with Gasteiger partial charge in [-0.25, -0.2) is 9.17 Å². The van der Waals surface area contributed by atoms with E-state index in [4.69, 9.17) is 4.18 Å². The maximum Gasteiger partial charge on any atom is 0.397 e. The molecule has 4 rings (SSSR count). The van der Waals surface area contributed by atoms with Gasteiger partial charge in [0, 0.05) is 37.5 Å². The summed E-state index contributed by atoms with van der Waals surface area (Å²) in [5, 5.41) is 0. The summed E-state index contributed by atoms with van der Waals surface area (Å²) in [6.45, 7) is 10.9. The Labute approximate surface area is 234 Å². The van der Waals surface area contributed by atoms with Crippen molar-refractivity contribution >= 4 is 16.3 Å². The average molecular weight is 562 g/mol. The van der Waals surface area contributed by atoms with Gasteiger partial charge in [0.25, 0.3) is 0 Å². The number of imidazole rings is 1. The van der Waals surface area contributed by atoms with E-state index in [2.05, 4.69) is 43.7 Å². The van der Waals surface area contributed by atoms with Gasteiger partial charge >= 0.3 is 10.4 Å². The monoisotopic (exact) mass is 561 g/mol. The molecule has 1 aromatic heterocycles. The normalized spacial score (nSPS) is 27.7. The Hall–Kier alpha value is -1.97. The number of nitrogens with zero attached hydrogens (tertiary/aromatic N) is 2. The van der Waals surface area contributed by atoms with Gasteiger partial charge in [-0.05, 0) is 91.9 Å². The molecule has 1 aromatic rings. The molecule has 0 aromatic carbocycles. The zero-order valence-corrected chi connectivity index (χ0v) is 24.9. The second-order valence-electron chi connectivity index (χ2n) is 13.0. The summed E-state index contributed by atoms with van der Waals surface area (Å²) >= 11 is 0. The summed E-state index contributed by atoms with van der Waals surface area (Å²) in [6.07, 6.45) is 17.5.